The average Bonchev–Trinajstić information content (AvgIpc) is 1.95. The summed E-state index contributed by atoms with van der Waals surface area (Å²) in [5, 5.41) is 0. The van der Waals surface area contributed by atoms with Gasteiger partial charge in [-0.15, -0.1) is 11.8 Å². The summed E-state index contributed by atoms with van der Waals surface area (Å²) in [4.78, 5) is 0. The smallest absolute Gasteiger partial charge is 0.0450 e. The van der Waals surface area contributed by atoms with Gasteiger partial charge in [-0.25, -0.2) is 0 Å². The predicted molar refractivity (Wildman–Crippen MR) is 68.5 cm³/mol. The Balaban J connectivity index is 3.79. The normalized spacial score (nSPS) is 14.8. The average molecular weight is 216 g/mol. The molecule has 0 rings (SSSR count). The quantitative estimate of drug-likeness (QED) is 0.509. The number of allylic oxidation sites excluding steroid dienone is 1. The summed E-state index contributed by atoms with van der Waals surface area (Å²) in [6.45, 7) is 11.0. The van der Waals surface area contributed by atoms with E-state index < -0.39 is 0 Å². The van der Waals surface area contributed by atoms with Crippen LogP contribution in [0.25, 0.3) is 0 Å². The third-order valence-corrected chi connectivity index (χ3v) is 3.29. The van der Waals surface area contributed by atoms with Crippen LogP contribution in [0, 0.1) is 11.3 Å². The summed E-state index contributed by atoms with van der Waals surface area (Å²) in [7, 11) is 0. The van der Waals surface area contributed by atoms with E-state index in [2.05, 4.69) is 39.8 Å². The van der Waals surface area contributed by atoms with Crippen molar-refractivity contribution in [2.45, 2.75) is 34.6 Å². The first-order valence-corrected chi connectivity index (χ1v) is 6.03. The molecule has 13 heavy (non-hydrogen) atoms. The molecular weight excluding hydrogens is 196 g/mol. The van der Waals surface area contributed by atoms with Crippen molar-refractivity contribution in [1.29, 1.82) is 0 Å². The Morgan fingerprint density at radius 3 is 2.38 bits per heavy atom. The minimum atomic E-state index is 0.369. The Hall–Kier alpha value is 0.180. The number of hydrogen-bond acceptors (Lipinski definition) is 2. The Morgan fingerprint density at radius 1 is 1.46 bits per heavy atom. The molecule has 0 radical (unpaired) electrons. The third-order valence-electron chi connectivity index (χ3n) is 2.17. The molecule has 0 heterocycles. The van der Waals surface area contributed by atoms with Gasteiger partial charge in [0.25, 0.3) is 0 Å². The molecule has 0 fully saturated rings. The first kappa shape index (κ1) is 13.2. The van der Waals surface area contributed by atoms with Gasteiger partial charge in [-0.2, -0.15) is 0 Å². The maximum absolute atomic E-state index is 4.98. The van der Waals surface area contributed by atoms with Gasteiger partial charge in [-0.3, -0.25) is 0 Å². The van der Waals surface area contributed by atoms with E-state index in [1.165, 1.54) is 0 Å². The topological polar surface area (TPSA) is 0 Å². The lowest BCUT2D eigenvalue weighted by atomic mass is 9.82. The Morgan fingerprint density at radius 2 is 2.00 bits per heavy atom. The molecule has 0 aromatic heterocycles. The highest BCUT2D eigenvalue weighted by atomic mass is 32.2. The van der Waals surface area contributed by atoms with Crippen LogP contribution in [0.5, 0.6) is 0 Å². The Labute approximate surface area is 92.2 Å². The van der Waals surface area contributed by atoms with E-state index in [0.717, 1.165) is 9.95 Å². The Kier molecular flexibility index (Phi) is 5.90. The Bertz CT molecular complexity index is 187. The van der Waals surface area contributed by atoms with Crippen molar-refractivity contribution in [1.82, 2.24) is 0 Å². The highest BCUT2D eigenvalue weighted by Gasteiger charge is 2.16. The summed E-state index contributed by atoms with van der Waals surface area (Å²) >= 11 is 6.71. The summed E-state index contributed by atoms with van der Waals surface area (Å²) in [6, 6.07) is 0. The van der Waals surface area contributed by atoms with Gasteiger partial charge in [0.1, 0.15) is 0 Å². The molecule has 0 aliphatic carbocycles. The molecule has 0 spiro atoms. The molecule has 0 nitrogen and oxygen atoms in total. The van der Waals surface area contributed by atoms with Gasteiger partial charge in [0.2, 0.25) is 0 Å². The molecule has 2 heteroatoms. The molecule has 0 aromatic rings. The van der Waals surface area contributed by atoms with Crippen molar-refractivity contribution < 1.29 is 0 Å². The van der Waals surface area contributed by atoms with E-state index in [1.807, 2.05) is 6.92 Å². The molecule has 0 saturated heterocycles. The van der Waals surface area contributed by atoms with Crippen LogP contribution in [0.15, 0.2) is 12.2 Å². The van der Waals surface area contributed by atoms with Crippen molar-refractivity contribution in [3.63, 3.8) is 0 Å². The zero-order valence-electron chi connectivity index (χ0n) is 9.26. The summed E-state index contributed by atoms with van der Waals surface area (Å²) in [5.41, 5.74) is 0.369. The molecule has 0 aliphatic rings. The van der Waals surface area contributed by atoms with Crippen LogP contribution in [0.1, 0.15) is 34.6 Å². The minimum absolute atomic E-state index is 0.369. The van der Waals surface area contributed by atoms with E-state index in [1.54, 1.807) is 11.8 Å². The first-order valence-electron chi connectivity index (χ1n) is 4.64. The highest BCUT2D eigenvalue weighted by molar-refractivity contribution is 8.23. The fraction of sp³-hybridized carbons (Fsp3) is 0.727. The van der Waals surface area contributed by atoms with E-state index in [0.29, 0.717) is 11.3 Å². The summed E-state index contributed by atoms with van der Waals surface area (Å²) < 4.78 is 1.02. The number of hydrogen-bond donors (Lipinski definition) is 0. The second-order valence-electron chi connectivity index (χ2n) is 4.39. The third kappa shape index (κ3) is 7.27. The van der Waals surface area contributed by atoms with Crippen molar-refractivity contribution in [2.75, 3.05) is 5.75 Å². The van der Waals surface area contributed by atoms with Crippen LogP contribution in [0.3, 0.4) is 0 Å². The number of thioether (sulfide) groups is 1. The van der Waals surface area contributed by atoms with Crippen molar-refractivity contribution in [3.8, 4) is 0 Å². The summed E-state index contributed by atoms with van der Waals surface area (Å²) in [6.07, 6.45) is 4.50. The van der Waals surface area contributed by atoms with Crippen molar-refractivity contribution >= 4 is 28.2 Å². The molecule has 0 bridgehead atoms. The van der Waals surface area contributed by atoms with Gasteiger partial charge < -0.3 is 0 Å². The van der Waals surface area contributed by atoms with E-state index in [9.17, 15) is 0 Å². The lowest BCUT2D eigenvalue weighted by Crippen LogP contribution is -2.14. The predicted octanol–water partition coefficient (Wildman–Crippen LogP) is 4.31. The molecule has 76 valence electrons. The number of thiocarbonyl (C=S) groups is 1. The van der Waals surface area contributed by atoms with Crippen molar-refractivity contribution in [3.05, 3.63) is 12.2 Å². The van der Waals surface area contributed by atoms with Crippen molar-refractivity contribution in [2.24, 2.45) is 11.3 Å². The molecule has 0 N–H and O–H groups in total. The van der Waals surface area contributed by atoms with Crippen LogP contribution in [0.4, 0.5) is 0 Å². The lowest BCUT2D eigenvalue weighted by molar-refractivity contribution is 0.314. The lowest BCUT2D eigenvalue weighted by Gasteiger charge is -2.24. The zero-order chi connectivity index (χ0) is 10.5. The van der Waals surface area contributed by atoms with Crippen LogP contribution in [-0.4, -0.2) is 9.95 Å². The molecule has 1 unspecified atom stereocenters. The number of rotatable bonds is 3. The van der Waals surface area contributed by atoms with Gasteiger partial charge >= 0.3 is 0 Å². The molecule has 0 aromatic carbocycles. The molecule has 1 atom stereocenters. The maximum Gasteiger partial charge on any atom is 0.0450 e. The molecular formula is C11H20S2. The van der Waals surface area contributed by atoms with Crippen LogP contribution in [-0.2, 0) is 0 Å². The standard InChI is InChI=1S/C11H20S2/c1-9(11(3,4)5)7-6-8-13-10(2)12/h6-7,9H,8H2,1-5H3/b7-6+. The van der Waals surface area contributed by atoms with Crippen LogP contribution >= 0.6 is 24.0 Å². The zero-order valence-corrected chi connectivity index (χ0v) is 10.9. The van der Waals surface area contributed by atoms with E-state index >= 15 is 0 Å². The molecule has 0 amide bonds. The second-order valence-corrected chi connectivity index (χ2v) is 6.49. The fourth-order valence-electron chi connectivity index (χ4n) is 0.714. The fourth-order valence-corrected chi connectivity index (χ4v) is 1.36. The largest absolute Gasteiger partial charge is 0.115 e. The van der Waals surface area contributed by atoms with Gasteiger partial charge in [0, 0.05) is 9.95 Å². The van der Waals surface area contributed by atoms with Gasteiger partial charge in [-0.05, 0) is 18.3 Å². The van der Waals surface area contributed by atoms with Crippen LogP contribution < -0.4 is 0 Å². The minimum Gasteiger partial charge on any atom is -0.115 e. The van der Waals surface area contributed by atoms with Gasteiger partial charge in [0.15, 0.2) is 0 Å². The first-order chi connectivity index (χ1) is 5.84. The van der Waals surface area contributed by atoms with Crippen LogP contribution in [0.2, 0.25) is 0 Å². The maximum atomic E-state index is 4.98. The van der Waals surface area contributed by atoms with E-state index in [4.69, 9.17) is 12.2 Å². The SMILES string of the molecule is CC(=S)SC/C=C/C(C)C(C)(C)C. The van der Waals surface area contributed by atoms with E-state index in [-0.39, 0.29) is 0 Å². The second kappa shape index (κ2) is 5.82. The monoisotopic (exact) mass is 216 g/mol. The highest BCUT2D eigenvalue weighted by Crippen LogP contribution is 2.26. The van der Waals surface area contributed by atoms with Gasteiger partial charge in [-0.1, -0.05) is 52.1 Å². The summed E-state index contributed by atoms with van der Waals surface area (Å²) in [5.74, 6) is 1.63. The molecule has 0 saturated carbocycles. The van der Waals surface area contributed by atoms with Gasteiger partial charge in [0.05, 0.1) is 0 Å². The molecule has 0 aliphatic heterocycles.